The molecule has 1 aliphatic heterocycles. The zero-order chi connectivity index (χ0) is 14.0. The van der Waals surface area contributed by atoms with E-state index in [0.29, 0.717) is 18.0 Å². The molecule has 1 atom stereocenters. The predicted octanol–water partition coefficient (Wildman–Crippen LogP) is 3.52. The van der Waals surface area contributed by atoms with E-state index in [-0.39, 0.29) is 5.69 Å². The number of benzene rings is 1. The van der Waals surface area contributed by atoms with Gasteiger partial charge in [-0.2, -0.15) is 13.2 Å². The molecule has 0 spiro atoms. The Labute approximate surface area is 111 Å². The van der Waals surface area contributed by atoms with Crippen molar-refractivity contribution in [2.75, 3.05) is 18.8 Å². The van der Waals surface area contributed by atoms with Crippen molar-refractivity contribution in [2.45, 2.75) is 32.5 Å². The van der Waals surface area contributed by atoms with Gasteiger partial charge in [0.2, 0.25) is 0 Å². The van der Waals surface area contributed by atoms with Crippen molar-refractivity contribution >= 4 is 5.69 Å². The number of nitrogen functional groups attached to an aromatic ring is 1. The summed E-state index contributed by atoms with van der Waals surface area (Å²) in [6, 6.07) is 4.07. The lowest BCUT2D eigenvalue weighted by Gasteiger charge is -2.31. The summed E-state index contributed by atoms with van der Waals surface area (Å²) in [7, 11) is 0. The number of likely N-dealkylation sites (tertiary alicyclic amines) is 1. The molecular formula is C14H19F3N2. The summed E-state index contributed by atoms with van der Waals surface area (Å²) >= 11 is 0. The van der Waals surface area contributed by atoms with Crippen molar-refractivity contribution in [3.05, 3.63) is 29.3 Å². The Morgan fingerprint density at radius 1 is 1.37 bits per heavy atom. The molecule has 2 N–H and O–H groups in total. The van der Waals surface area contributed by atoms with Crippen LogP contribution in [0.4, 0.5) is 18.9 Å². The van der Waals surface area contributed by atoms with Gasteiger partial charge in [0, 0.05) is 18.8 Å². The van der Waals surface area contributed by atoms with Crippen molar-refractivity contribution in [3.8, 4) is 0 Å². The van der Waals surface area contributed by atoms with Gasteiger partial charge in [-0.25, -0.2) is 0 Å². The van der Waals surface area contributed by atoms with Gasteiger partial charge in [-0.1, -0.05) is 13.0 Å². The van der Waals surface area contributed by atoms with E-state index in [0.717, 1.165) is 32.0 Å². The van der Waals surface area contributed by atoms with Crippen LogP contribution in [0, 0.1) is 5.92 Å². The molecule has 0 amide bonds. The average Bonchev–Trinajstić information content (AvgIpc) is 2.30. The molecule has 1 saturated heterocycles. The number of halogens is 3. The molecule has 0 aromatic heterocycles. The van der Waals surface area contributed by atoms with Crippen LogP contribution in [0.3, 0.4) is 0 Å². The maximum atomic E-state index is 13.0. The van der Waals surface area contributed by atoms with Gasteiger partial charge in [0.1, 0.15) is 0 Å². The fourth-order valence-electron chi connectivity index (χ4n) is 2.67. The number of alkyl halides is 3. The fourth-order valence-corrected chi connectivity index (χ4v) is 2.67. The highest BCUT2D eigenvalue weighted by molar-refractivity contribution is 5.46. The molecule has 1 aliphatic rings. The van der Waals surface area contributed by atoms with Gasteiger partial charge in [0.25, 0.3) is 0 Å². The zero-order valence-corrected chi connectivity index (χ0v) is 11.0. The van der Waals surface area contributed by atoms with Gasteiger partial charge >= 0.3 is 6.18 Å². The highest BCUT2D eigenvalue weighted by Gasteiger charge is 2.34. The van der Waals surface area contributed by atoms with Crippen LogP contribution < -0.4 is 5.73 Å². The van der Waals surface area contributed by atoms with Crippen molar-refractivity contribution in [1.29, 1.82) is 0 Å². The standard InChI is InChI=1S/C14H19F3N2/c1-10-3-2-6-19(8-10)9-11-4-5-12(18)7-13(11)14(15,16)17/h4-5,7,10H,2-3,6,8-9,18H2,1H3. The first-order valence-corrected chi connectivity index (χ1v) is 6.54. The second kappa shape index (κ2) is 5.41. The van der Waals surface area contributed by atoms with Crippen molar-refractivity contribution in [3.63, 3.8) is 0 Å². The summed E-state index contributed by atoms with van der Waals surface area (Å²) in [5, 5.41) is 0. The summed E-state index contributed by atoms with van der Waals surface area (Å²) in [6.45, 7) is 4.22. The minimum atomic E-state index is -4.34. The molecule has 0 aliphatic carbocycles. The Kier molecular flexibility index (Phi) is 4.04. The Morgan fingerprint density at radius 3 is 2.74 bits per heavy atom. The molecule has 1 heterocycles. The molecule has 1 aromatic rings. The van der Waals surface area contributed by atoms with E-state index in [1.165, 1.54) is 12.1 Å². The summed E-state index contributed by atoms with van der Waals surface area (Å²) in [6.07, 6.45) is -2.13. The number of anilines is 1. The van der Waals surface area contributed by atoms with E-state index in [1.54, 1.807) is 0 Å². The third-order valence-corrected chi connectivity index (χ3v) is 3.57. The van der Waals surface area contributed by atoms with Crippen LogP contribution in [0.1, 0.15) is 30.9 Å². The maximum absolute atomic E-state index is 13.0. The molecule has 1 unspecified atom stereocenters. The SMILES string of the molecule is CC1CCCN(Cc2ccc(N)cc2C(F)(F)F)C1. The number of rotatable bonds is 2. The molecular weight excluding hydrogens is 253 g/mol. The highest BCUT2D eigenvalue weighted by atomic mass is 19.4. The van der Waals surface area contributed by atoms with Crippen molar-refractivity contribution < 1.29 is 13.2 Å². The monoisotopic (exact) mass is 272 g/mol. The van der Waals surface area contributed by atoms with E-state index in [9.17, 15) is 13.2 Å². The smallest absolute Gasteiger partial charge is 0.399 e. The third kappa shape index (κ3) is 3.62. The number of piperidine rings is 1. The normalized spacial score (nSPS) is 21.6. The molecule has 0 bridgehead atoms. The molecule has 106 valence electrons. The minimum Gasteiger partial charge on any atom is -0.399 e. The molecule has 5 heteroatoms. The number of hydrogen-bond donors (Lipinski definition) is 1. The summed E-state index contributed by atoms with van der Waals surface area (Å²) in [5.74, 6) is 0.553. The Balaban J connectivity index is 2.20. The number of nitrogens with two attached hydrogens (primary N) is 1. The topological polar surface area (TPSA) is 29.3 Å². The molecule has 1 fully saturated rings. The van der Waals surface area contributed by atoms with Crippen LogP contribution in [0.25, 0.3) is 0 Å². The number of hydrogen-bond acceptors (Lipinski definition) is 2. The molecule has 19 heavy (non-hydrogen) atoms. The van der Waals surface area contributed by atoms with Crippen LogP contribution >= 0.6 is 0 Å². The van der Waals surface area contributed by atoms with Gasteiger partial charge in [-0.05, 0) is 43.0 Å². The van der Waals surface area contributed by atoms with Gasteiger partial charge in [0.05, 0.1) is 5.56 Å². The second-order valence-electron chi connectivity index (χ2n) is 5.40. The highest BCUT2D eigenvalue weighted by Crippen LogP contribution is 2.34. The van der Waals surface area contributed by atoms with Gasteiger partial charge in [-0.15, -0.1) is 0 Å². The molecule has 2 nitrogen and oxygen atoms in total. The Morgan fingerprint density at radius 2 is 2.11 bits per heavy atom. The summed E-state index contributed by atoms with van der Waals surface area (Å²) in [4.78, 5) is 2.09. The van der Waals surface area contributed by atoms with E-state index in [1.807, 2.05) is 0 Å². The zero-order valence-electron chi connectivity index (χ0n) is 11.0. The first-order chi connectivity index (χ1) is 8.86. The van der Waals surface area contributed by atoms with E-state index in [4.69, 9.17) is 5.73 Å². The van der Waals surface area contributed by atoms with E-state index >= 15 is 0 Å². The minimum absolute atomic E-state index is 0.156. The summed E-state index contributed by atoms with van der Waals surface area (Å²) in [5.41, 5.74) is 5.33. The van der Waals surface area contributed by atoms with Crippen LogP contribution in [0.2, 0.25) is 0 Å². The Hall–Kier alpha value is -1.23. The lowest BCUT2D eigenvalue weighted by molar-refractivity contribution is -0.138. The molecule has 1 aromatic carbocycles. The Bertz CT molecular complexity index is 443. The number of nitrogens with zero attached hydrogens (tertiary/aromatic N) is 1. The fraction of sp³-hybridized carbons (Fsp3) is 0.571. The lowest BCUT2D eigenvalue weighted by Crippen LogP contribution is -2.34. The van der Waals surface area contributed by atoms with Crippen molar-refractivity contribution in [1.82, 2.24) is 4.90 Å². The lowest BCUT2D eigenvalue weighted by atomic mass is 9.98. The van der Waals surface area contributed by atoms with Crippen LogP contribution in [0.15, 0.2) is 18.2 Å². The summed E-state index contributed by atoms with van der Waals surface area (Å²) < 4.78 is 39.0. The largest absolute Gasteiger partial charge is 0.416 e. The van der Waals surface area contributed by atoms with Gasteiger partial charge in [0.15, 0.2) is 0 Å². The molecule has 0 saturated carbocycles. The second-order valence-corrected chi connectivity index (χ2v) is 5.40. The van der Waals surface area contributed by atoms with Gasteiger partial charge in [-0.3, -0.25) is 4.90 Å². The van der Waals surface area contributed by atoms with E-state index in [2.05, 4.69) is 11.8 Å². The first-order valence-electron chi connectivity index (χ1n) is 6.54. The maximum Gasteiger partial charge on any atom is 0.416 e. The van der Waals surface area contributed by atoms with Crippen molar-refractivity contribution in [2.24, 2.45) is 5.92 Å². The molecule has 2 rings (SSSR count). The van der Waals surface area contributed by atoms with Crippen LogP contribution in [-0.4, -0.2) is 18.0 Å². The molecule has 0 radical (unpaired) electrons. The van der Waals surface area contributed by atoms with Crippen LogP contribution in [-0.2, 0) is 12.7 Å². The quantitative estimate of drug-likeness (QED) is 0.835. The van der Waals surface area contributed by atoms with Gasteiger partial charge < -0.3 is 5.73 Å². The van der Waals surface area contributed by atoms with Crippen LogP contribution in [0.5, 0.6) is 0 Å². The van der Waals surface area contributed by atoms with E-state index < -0.39 is 11.7 Å². The first kappa shape index (κ1) is 14.2. The third-order valence-electron chi connectivity index (χ3n) is 3.57. The predicted molar refractivity (Wildman–Crippen MR) is 69.5 cm³/mol. The average molecular weight is 272 g/mol.